The molecule has 0 radical (unpaired) electrons. The van der Waals surface area contributed by atoms with E-state index in [2.05, 4.69) is 11.4 Å². The van der Waals surface area contributed by atoms with Crippen molar-refractivity contribution in [1.82, 2.24) is 10.2 Å². The van der Waals surface area contributed by atoms with Gasteiger partial charge in [-0.3, -0.25) is 9.59 Å². The number of nitriles is 1. The third kappa shape index (κ3) is 3.24. The van der Waals surface area contributed by atoms with Crippen LogP contribution in [0.5, 0.6) is 0 Å². The first-order valence-electron chi connectivity index (χ1n) is 8.30. The van der Waals surface area contributed by atoms with Crippen LogP contribution in [0.3, 0.4) is 0 Å². The summed E-state index contributed by atoms with van der Waals surface area (Å²) in [5, 5.41) is 12.2. The lowest BCUT2D eigenvalue weighted by Gasteiger charge is -2.26. The summed E-state index contributed by atoms with van der Waals surface area (Å²) in [6.45, 7) is 2.84. The highest BCUT2D eigenvalue weighted by atomic mass is 16.2. The third-order valence-electron chi connectivity index (χ3n) is 4.48. The van der Waals surface area contributed by atoms with Crippen molar-refractivity contribution in [2.75, 3.05) is 13.1 Å². The van der Waals surface area contributed by atoms with E-state index in [9.17, 15) is 14.9 Å². The van der Waals surface area contributed by atoms with Gasteiger partial charge in [0, 0.05) is 24.2 Å². The van der Waals surface area contributed by atoms with Gasteiger partial charge in [0.15, 0.2) is 0 Å². The number of carbonyl (C=O) groups is 2. The minimum Gasteiger partial charge on any atom is -0.354 e. The Morgan fingerprint density at radius 3 is 2.60 bits per heavy atom. The molecule has 1 aliphatic heterocycles. The first-order chi connectivity index (χ1) is 12.1. The zero-order valence-corrected chi connectivity index (χ0v) is 14.0. The van der Waals surface area contributed by atoms with Crippen LogP contribution in [-0.2, 0) is 4.79 Å². The van der Waals surface area contributed by atoms with Crippen molar-refractivity contribution < 1.29 is 9.59 Å². The molecule has 2 aromatic carbocycles. The van der Waals surface area contributed by atoms with Gasteiger partial charge in [0.05, 0.1) is 11.6 Å². The van der Waals surface area contributed by atoms with E-state index < -0.39 is 6.04 Å². The predicted octanol–water partition coefficient (Wildman–Crippen LogP) is 2.58. The molecule has 0 bridgehead atoms. The van der Waals surface area contributed by atoms with Gasteiger partial charge in [-0.15, -0.1) is 0 Å². The summed E-state index contributed by atoms with van der Waals surface area (Å²) < 4.78 is 0. The van der Waals surface area contributed by atoms with Crippen LogP contribution in [0.2, 0.25) is 0 Å². The van der Waals surface area contributed by atoms with Gasteiger partial charge in [-0.25, -0.2) is 0 Å². The van der Waals surface area contributed by atoms with Crippen molar-refractivity contribution >= 4 is 11.8 Å². The maximum Gasteiger partial charge on any atom is 0.255 e. The van der Waals surface area contributed by atoms with E-state index in [-0.39, 0.29) is 11.8 Å². The van der Waals surface area contributed by atoms with E-state index >= 15 is 0 Å². The second-order valence-electron chi connectivity index (χ2n) is 6.02. The summed E-state index contributed by atoms with van der Waals surface area (Å²) in [4.78, 5) is 26.8. The van der Waals surface area contributed by atoms with Crippen molar-refractivity contribution in [3.8, 4) is 17.2 Å². The monoisotopic (exact) mass is 333 g/mol. The molecule has 25 heavy (non-hydrogen) atoms. The van der Waals surface area contributed by atoms with Gasteiger partial charge in [0.2, 0.25) is 5.91 Å². The van der Waals surface area contributed by atoms with Crippen molar-refractivity contribution in [1.29, 1.82) is 5.26 Å². The summed E-state index contributed by atoms with van der Waals surface area (Å²) in [6, 6.07) is 16.1. The number of hydrogen-bond donors (Lipinski definition) is 1. The maximum atomic E-state index is 13.2. The summed E-state index contributed by atoms with van der Waals surface area (Å²) >= 11 is 0. The minimum atomic E-state index is -0.519. The fraction of sp³-hybridized carbons (Fsp3) is 0.250. The molecule has 0 spiro atoms. The van der Waals surface area contributed by atoms with Crippen molar-refractivity contribution in [3.63, 3.8) is 0 Å². The lowest BCUT2D eigenvalue weighted by atomic mass is 9.95. The van der Waals surface area contributed by atoms with Crippen LogP contribution in [0.25, 0.3) is 11.1 Å². The Morgan fingerprint density at radius 2 is 1.84 bits per heavy atom. The number of carbonyl (C=O) groups excluding carboxylic acids is 2. The number of amides is 2. The molecule has 1 aliphatic rings. The normalized spacial score (nSPS) is 17.4. The molecule has 3 rings (SSSR count). The van der Waals surface area contributed by atoms with E-state index in [4.69, 9.17) is 0 Å². The Hall–Kier alpha value is -3.13. The Labute approximate surface area is 146 Å². The van der Waals surface area contributed by atoms with Gasteiger partial charge in [0.25, 0.3) is 5.91 Å². The number of rotatable bonds is 2. The quantitative estimate of drug-likeness (QED) is 0.918. The maximum absolute atomic E-state index is 13.2. The molecule has 0 aliphatic carbocycles. The number of benzene rings is 2. The molecule has 5 nitrogen and oxygen atoms in total. The predicted molar refractivity (Wildman–Crippen MR) is 94.7 cm³/mol. The molecule has 1 unspecified atom stereocenters. The molecule has 2 amide bonds. The molecule has 1 N–H and O–H groups in total. The summed E-state index contributed by atoms with van der Waals surface area (Å²) in [7, 11) is 0. The Balaban J connectivity index is 2.05. The fourth-order valence-corrected chi connectivity index (χ4v) is 3.10. The van der Waals surface area contributed by atoms with Gasteiger partial charge < -0.3 is 10.2 Å². The van der Waals surface area contributed by atoms with Crippen LogP contribution in [0.1, 0.15) is 29.3 Å². The molecule has 2 aromatic rings. The van der Waals surface area contributed by atoms with E-state index in [0.29, 0.717) is 29.8 Å². The van der Waals surface area contributed by atoms with Gasteiger partial charge >= 0.3 is 0 Å². The van der Waals surface area contributed by atoms with E-state index in [1.165, 1.54) is 0 Å². The lowest BCUT2D eigenvalue weighted by molar-refractivity contribution is -0.124. The third-order valence-corrected chi connectivity index (χ3v) is 4.48. The largest absolute Gasteiger partial charge is 0.354 e. The molecule has 0 saturated carbocycles. The van der Waals surface area contributed by atoms with Crippen LogP contribution < -0.4 is 5.32 Å². The number of hydrogen-bond acceptors (Lipinski definition) is 3. The molecule has 0 aromatic heterocycles. The first-order valence-corrected chi connectivity index (χ1v) is 8.30. The summed E-state index contributed by atoms with van der Waals surface area (Å²) in [6.07, 6.45) is 0.721. The standard InChI is InChI=1S/C20H19N3O2/c1-14-19(24)22-11-6-12-23(14)20(25)18-10-5-4-9-17(18)16-8-3-2-7-15(16)13-21/h2-5,7-10,14H,6,11-12H2,1H3,(H,22,24). The zero-order chi connectivity index (χ0) is 17.8. The van der Waals surface area contributed by atoms with Crippen molar-refractivity contribution in [2.45, 2.75) is 19.4 Å². The molecule has 1 saturated heterocycles. The smallest absolute Gasteiger partial charge is 0.255 e. The average molecular weight is 333 g/mol. The molecule has 1 fully saturated rings. The van der Waals surface area contributed by atoms with Crippen LogP contribution in [0.15, 0.2) is 48.5 Å². The first kappa shape index (κ1) is 16.7. The van der Waals surface area contributed by atoms with Crippen LogP contribution >= 0.6 is 0 Å². The Kier molecular flexibility index (Phi) is 4.80. The average Bonchev–Trinajstić information content (AvgIpc) is 2.82. The zero-order valence-electron chi connectivity index (χ0n) is 14.0. The minimum absolute atomic E-state index is 0.138. The highest BCUT2D eigenvalue weighted by Crippen LogP contribution is 2.28. The molecule has 5 heteroatoms. The van der Waals surface area contributed by atoms with Crippen LogP contribution in [-0.4, -0.2) is 35.8 Å². The molecule has 1 heterocycles. The molecular weight excluding hydrogens is 314 g/mol. The topological polar surface area (TPSA) is 73.2 Å². The highest BCUT2D eigenvalue weighted by molar-refractivity contribution is 6.03. The van der Waals surface area contributed by atoms with E-state index in [1.807, 2.05) is 24.3 Å². The van der Waals surface area contributed by atoms with Gasteiger partial charge in [0.1, 0.15) is 6.04 Å². The lowest BCUT2D eigenvalue weighted by Crippen LogP contribution is -2.45. The summed E-state index contributed by atoms with van der Waals surface area (Å²) in [5.74, 6) is -0.325. The van der Waals surface area contributed by atoms with Gasteiger partial charge in [-0.1, -0.05) is 36.4 Å². The van der Waals surface area contributed by atoms with Crippen LogP contribution in [0.4, 0.5) is 0 Å². The fourth-order valence-electron chi connectivity index (χ4n) is 3.10. The molecule has 126 valence electrons. The Morgan fingerprint density at radius 1 is 1.16 bits per heavy atom. The van der Waals surface area contributed by atoms with E-state index in [0.717, 1.165) is 12.0 Å². The number of nitrogens with one attached hydrogen (secondary N) is 1. The second kappa shape index (κ2) is 7.18. The second-order valence-corrected chi connectivity index (χ2v) is 6.02. The Bertz CT molecular complexity index is 854. The summed E-state index contributed by atoms with van der Waals surface area (Å²) in [5.41, 5.74) is 2.46. The van der Waals surface area contributed by atoms with Gasteiger partial charge in [-0.05, 0) is 31.0 Å². The number of nitrogens with zero attached hydrogens (tertiary/aromatic N) is 2. The highest BCUT2D eigenvalue weighted by Gasteiger charge is 2.29. The van der Waals surface area contributed by atoms with Crippen molar-refractivity contribution in [2.24, 2.45) is 0 Å². The van der Waals surface area contributed by atoms with Gasteiger partial charge in [-0.2, -0.15) is 5.26 Å². The molecule has 1 atom stereocenters. The van der Waals surface area contributed by atoms with Crippen LogP contribution in [0, 0.1) is 11.3 Å². The SMILES string of the molecule is CC1C(=O)NCCCN1C(=O)c1ccccc1-c1ccccc1C#N. The van der Waals surface area contributed by atoms with E-state index in [1.54, 1.807) is 36.1 Å². The van der Waals surface area contributed by atoms with Crippen molar-refractivity contribution in [3.05, 3.63) is 59.7 Å². The molecular formula is C20H19N3O2.